The van der Waals surface area contributed by atoms with Crippen LogP contribution >= 0.6 is 0 Å². The molecule has 2 aliphatic rings. The van der Waals surface area contributed by atoms with Crippen LogP contribution in [0.2, 0.25) is 0 Å². The Morgan fingerprint density at radius 1 is 1.32 bits per heavy atom. The highest BCUT2D eigenvalue weighted by atomic mass is 16.5. The van der Waals surface area contributed by atoms with Crippen molar-refractivity contribution in [3.8, 4) is 0 Å². The van der Waals surface area contributed by atoms with E-state index in [1.807, 2.05) is 0 Å². The van der Waals surface area contributed by atoms with E-state index in [1.165, 1.54) is 32.5 Å². The van der Waals surface area contributed by atoms with Gasteiger partial charge in [0.15, 0.2) is 0 Å². The van der Waals surface area contributed by atoms with Crippen molar-refractivity contribution in [2.24, 2.45) is 0 Å². The molecule has 0 bridgehead atoms. The fourth-order valence-corrected chi connectivity index (χ4v) is 3.64. The average molecular weight is 269 g/mol. The van der Waals surface area contributed by atoms with Gasteiger partial charge in [-0.15, -0.1) is 0 Å². The van der Waals surface area contributed by atoms with Crippen LogP contribution in [0.3, 0.4) is 0 Å². The summed E-state index contributed by atoms with van der Waals surface area (Å²) in [5.74, 6) is 0. The zero-order chi connectivity index (χ0) is 13.7. The molecular weight excluding hydrogens is 238 g/mol. The molecule has 2 heterocycles. The maximum absolute atomic E-state index is 5.70. The van der Waals surface area contributed by atoms with Crippen LogP contribution in [0.5, 0.6) is 0 Å². The molecule has 4 nitrogen and oxygen atoms in total. The number of hydrogen-bond acceptors (Lipinski definition) is 4. The number of hydrogen-bond donors (Lipinski definition) is 1. The largest absolute Gasteiger partial charge is 0.380 e. The third kappa shape index (κ3) is 3.91. The molecule has 4 heteroatoms. The molecule has 3 atom stereocenters. The van der Waals surface area contributed by atoms with E-state index in [0.717, 1.165) is 32.2 Å². The first-order valence-corrected chi connectivity index (χ1v) is 8.01. The highest BCUT2D eigenvalue weighted by molar-refractivity contribution is 4.89. The highest BCUT2D eigenvalue weighted by Crippen LogP contribution is 2.20. The van der Waals surface area contributed by atoms with Crippen molar-refractivity contribution < 1.29 is 4.74 Å². The Bertz CT molecular complexity index is 260. The molecule has 2 saturated heterocycles. The third-order valence-corrected chi connectivity index (χ3v) is 4.76. The molecule has 3 unspecified atom stereocenters. The highest BCUT2D eigenvalue weighted by Gasteiger charge is 2.31. The Morgan fingerprint density at radius 3 is 2.89 bits per heavy atom. The average Bonchev–Trinajstić information content (AvgIpc) is 2.87. The summed E-state index contributed by atoms with van der Waals surface area (Å²) in [7, 11) is 2.27. The van der Waals surface area contributed by atoms with Crippen molar-refractivity contribution in [2.45, 2.75) is 51.2 Å². The SMILES string of the molecule is CCNC1CCOCC1N(C)CC1CCCN1CC. The van der Waals surface area contributed by atoms with Crippen molar-refractivity contribution in [1.82, 2.24) is 15.1 Å². The second-order valence-corrected chi connectivity index (χ2v) is 5.96. The maximum atomic E-state index is 5.70. The fourth-order valence-electron chi connectivity index (χ4n) is 3.64. The lowest BCUT2D eigenvalue weighted by atomic mass is 10.0. The second-order valence-electron chi connectivity index (χ2n) is 5.96. The standard InChI is InChI=1S/C15H31N3O/c1-4-16-14-8-10-19-12-15(14)17(3)11-13-7-6-9-18(13)5-2/h13-16H,4-12H2,1-3H3. The number of ether oxygens (including phenoxy) is 1. The summed E-state index contributed by atoms with van der Waals surface area (Å²) in [6.45, 7) is 11.0. The van der Waals surface area contributed by atoms with Gasteiger partial charge in [-0.3, -0.25) is 9.80 Å². The Hall–Kier alpha value is -0.160. The molecule has 0 spiro atoms. The lowest BCUT2D eigenvalue weighted by Crippen LogP contribution is -2.56. The predicted molar refractivity (Wildman–Crippen MR) is 79.6 cm³/mol. The van der Waals surface area contributed by atoms with Crippen molar-refractivity contribution in [3.05, 3.63) is 0 Å². The summed E-state index contributed by atoms with van der Waals surface area (Å²) in [6.07, 6.45) is 3.87. The topological polar surface area (TPSA) is 27.7 Å². The first-order chi connectivity index (χ1) is 9.26. The lowest BCUT2D eigenvalue weighted by molar-refractivity contribution is 0.00000971. The van der Waals surface area contributed by atoms with Gasteiger partial charge in [-0.1, -0.05) is 13.8 Å². The number of rotatable bonds is 6. The molecule has 112 valence electrons. The third-order valence-electron chi connectivity index (χ3n) is 4.76. The smallest absolute Gasteiger partial charge is 0.0636 e. The summed E-state index contributed by atoms with van der Waals surface area (Å²) in [4.78, 5) is 5.16. The molecule has 2 fully saturated rings. The van der Waals surface area contributed by atoms with Gasteiger partial charge in [-0.05, 0) is 45.9 Å². The van der Waals surface area contributed by atoms with Gasteiger partial charge in [-0.25, -0.2) is 0 Å². The summed E-state index contributed by atoms with van der Waals surface area (Å²) in [5, 5.41) is 3.63. The minimum Gasteiger partial charge on any atom is -0.380 e. The lowest BCUT2D eigenvalue weighted by Gasteiger charge is -2.40. The molecule has 2 aliphatic heterocycles. The number of nitrogens with one attached hydrogen (secondary N) is 1. The van der Waals surface area contributed by atoms with E-state index >= 15 is 0 Å². The molecular formula is C15H31N3O. The van der Waals surface area contributed by atoms with Gasteiger partial charge in [0.2, 0.25) is 0 Å². The van der Waals surface area contributed by atoms with Crippen LogP contribution in [0, 0.1) is 0 Å². The van der Waals surface area contributed by atoms with Gasteiger partial charge in [0, 0.05) is 31.3 Å². The van der Waals surface area contributed by atoms with Crippen LogP contribution in [0.4, 0.5) is 0 Å². The van der Waals surface area contributed by atoms with Crippen LogP contribution in [-0.2, 0) is 4.74 Å². The molecule has 0 aromatic rings. The Balaban J connectivity index is 1.88. The molecule has 0 radical (unpaired) electrons. The molecule has 0 aliphatic carbocycles. The van der Waals surface area contributed by atoms with Gasteiger partial charge in [0.25, 0.3) is 0 Å². The van der Waals surface area contributed by atoms with E-state index in [4.69, 9.17) is 4.74 Å². The Kier molecular flexibility index (Phi) is 6.07. The minimum absolute atomic E-state index is 0.535. The van der Waals surface area contributed by atoms with E-state index in [2.05, 4.69) is 36.0 Å². The summed E-state index contributed by atoms with van der Waals surface area (Å²) in [5.41, 5.74) is 0. The molecule has 0 saturated carbocycles. The van der Waals surface area contributed by atoms with Crippen molar-refractivity contribution >= 4 is 0 Å². The predicted octanol–water partition coefficient (Wildman–Crippen LogP) is 1.17. The molecule has 2 rings (SSSR count). The van der Waals surface area contributed by atoms with Gasteiger partial charge >= 0.3 is 0 Å². The molecule has 19 heavy (non-hydrogen) atoms. The van der Waals surface area contributed by atoms with Gasteiger partial charge in [0.05, 0.1) is 6.61 Å². The van der Waals surface area contributed by atoms with E-state index in [0.29, 0.717) is 12.1 Å². The number of nitrogens with zero attached hydrogens (tertiary/aromatic N) is 2. The van der Waals surface area contributed by atoms with Crippen LogP contribution in [0.25, 0.3) is 0 Å². The Labute approximate surface area is 118 Å². The first-order valence-electron chi connectivity index (χ1n) is 8.01. The van der Waals surface area contributed by atoms with Gasteiger partial charge in [-0.2, -0.15) is 0 Å². The van der Waals surface area contributed by atoms with E-state index < -0.39 is 0 Å². The molecule has 0 aromatic carbocycles. The fraction of sp³-hybridized carbons (Fsp3) is 1.00. The van der Waals surface area contributed by atoms with Crippen LogP contribution in [-0.4, -0.2) is 74.4 Å². The summed E-state index contributed by atoms with van der Waals surface area (Å²) in [6, 6.07) is 1.88. The monoisotopic (exact) mass is 269 g/mol. The van der Waals surface area contributed by atoms with Gasteiger partial charge < -0.3 is 10.1 Å². The first kappa shape index (κ1) is 15.2. The number of likely N-dealkylation sites (N-methyl/N-ethyl adjacent to an activating group) is 3. The molecule has 0 aromatic heterocycles. The normalized spacial score (nSPS) is 33.2. The van der Waals surface area contributed by atoms with Gasteiger partial charge in [0.1, 0.15) is 0 Å². The maximum Gasteiger partial charge on any atom is 0.0636 e. The van der Waals surface area contributed by atoms with Crippen molar-refractivity contribution in [2.75, 3.05) is 46.4 Å². The zero-order valence-electron chi connectivity index (χ0n) is 12.9. The summed E-state index contributed by atoms with van der Waals surface area (Å²) < 4.78 is 5.70. The van der Waals surface area contributed by atoms with E-state index in [-0.39, 0.29) is 0 Å². The van der Waals surface area contributed by atoms with Crippen LogP contribution in [0.15, 0.2) is 0 Å². The van der Waals surface area contributed by atoms with Crippen LogP contribution in [0.1, 0.15) is 33.1 Å². The summed E-state index contributed by atoms with van der Waals surface area (Å²) >= 11 is 0. The van der Waals surface area contributed by atoms with E-state index in [1.54, 1.807) is 0 Å². The number of likely N-dealkylation sites (tertiary alicyclic amines) is 1. The molecule has 0 amide bonds. The van der Waals surface area contributed by atoms with Crippen molar-refractivity contribution in [3.63, 3.8) is 0 Å². The second kappa shape index (κ2) is 7.58. The molecule has 1 N–H and O–H groups in total. The van der Waals surface area contributed by atoms with Crippen LogP contribution < -0.4 is 5.32 Å². The van der Waals surface area contributed by atoms with Crippen molar-refractivity contribution in [1.29, 1.82) is 0 Å². The quantitative estimate of drug-likeness (QED) is 0.783. The van der Waals surface area contributed by atoms with E-state index in [9.17, 15) is 0 Å². The minimum atomic E-state index is 0.535. The zero-order valence-corrected chi connectivity index (χ0v) is 12.9. The Morgan fingerprint density at radius 2 is 2.16 bits per heavy atom.